The fourth-order valence-electron chi connectivity index (χ4n) is 1.52. The molecule has 1 heterocycles. The smallest absolute Gasteiger partial charge is 0.341 e. The lowest BCUT2D eigenvalue weighted by Crippen LogP contribution is -2.46. The molecule has 1 rings (SSSR count). The molecule has 0 spiro atoms. The Morgan fingerprint density at radius 2 is 2.07 bits per heavy atom. The summed E-state index contributed by atoms with van der Waals surface area (Å²) < 4.78 is 35.6. The lowest BCUT2D eigenvalue weighted by atomic mass is 10.1. The number of nitrogens with zero attached hydrogens (tertiary/aromatic N) is 1. The summed E-state index contributed by atoms with van der Waals surface area (Å²) in [5.74, 6) is -0.868. The van der Waals surface area contributed by atoms with E-state index in [4.69, 9.17) is 5.73 Å². The molecule has 0 aliphatic carbocycles. The minimum Gasteiger partial charge on any atom is -0.341 e. The molecule has 2 N–H and O–H groups in total. The highest BCUT2D eigenvalue weighted by Gasteiger charge is 2.34. The van der Waals surface area contributed by atoms with Crippen molar-refractivity contribution in [2.24, 2.45) is 5.73 Å². The third-order valence-corrected chi connectivity index (χ3v) is 2.16. The molecule has 0 aromatic carbocycles. The summed E-state index contributed by atoms with van der Waals surface area (Å²) in [4.78, 5) is 12.3. The monoisotopic (exact) mass is 246 g/mol. The van der Waals surface area contributed by atoms with Crippen molar-refractivity contribution in [2.75, 3.05) is 13.1 Å². The van der Waals surface area contributed by atoms with Gasteiger partial charge in [0.25, 0.3) is 0 Å². The van der Waals surface area contributed by atoms with Crippen LogP contribution in [0.15, 0.2) is 0 Å². The molecule has 1 amide bonds. The zero-order valence-electron chi connectivity index (χ0n) is 8.09. The van der Waals surface area contributed by atoms with E-state index >= 15 is 0 Å². The van der Waals surface area contributed by atoms with E-state index in [1.807, 2.05) is 0 Å². The molecule has 1 fully saturated rings. The number of hydrogen-bond acceptors (Lipinski definition) is 2. The van der Waals surface area contributed by atoms with Gasteiger partial charge in [-0.05, 0) is 12.8 Å². The van der Waals surface area contributed by atoms with Crippen LogP contribution in [0, 0.1) is 0 Å². The minimum absolute atomic E-state index is 0. The first-order valence-electron chi connectivity index (χ1n) is 4.48. The molecule has 0 aromatic heterocycles. The van der Waals surface area contributed by atoms with Crippen LogP contribution in [0.1, 0.15) is 19.3 Å². The summed E-state index contributed by atoms with van der Waals surface area (Å²) >= 11 is 0. The molecule has 3 nitrogen and oxygen atoms in total. The Hall–Kier alpha value is -0.490. The number of alkyl halides is 3. The first-order valence-corrected chi connectivity index (χ1v) is 4.48. The van der Waals surface area contributed by atoms with Gasteiger partial charge in [0.2, 0.25) is 5.91 Å². The fraction of sp³-hybridized carbons (Fsp3) is 0.875. The van der Waals surface area contributed by atoms with Crippen LogP contribution in [-0.4, -0.2) is 36.1 Å². The number of nitrogens with two attached hydrogens (primary N) is 1. The third-order valence-electron chi connectivity index (χ3n) is 2.16. The largest absolute Gasteiger partial charge is 0.397 e. The van der Waals surface area contributed by atoms with Crippen molar-refractivity contribution in [3.8, 4) is 0 Å². The first kappa shape index (κ1) is 14.5. The van der Waals surface area contributed by atoms with Crippen molar-refractivity contribution >= 4 is 18.3 Å². The zero-order valence-corrected chi connectivity index (χ0v) is 8.90. The molecule has 0 bridgehead atoms. The van der Waals surface area contributed by atoms with Gasteiger partial charge in [0.15, 0.2) is 0 Å². The van der Waals surface area contributed by atoms with Gasteiger partial charge >= 0.3 is 6.18 Å². The molecule has 0 radical (unpaired) electrons. The molecule has 1 saturated heterocycles. The summed E-state index contributed by atoms with van der Waals surface area (Å²) in [5.41, 5.74) is 5.55. The van der Waals surface area contributed by atoms with Gasteiger partial charge in [0.1, 0.15) is 6.42 Å². The van der Waals surface area contributed by atoms with E-state index in [1.165, 1.54) is 4.90 Å². The van der Waals surface area contributed by atoms with Crippen LogP contribution in [0.2, 0.25) is 0 Å². The Morgan fingerprint density at radius 1 is 1.47 bits per heavy atom. The molecule has 1 atom stereocenters. The predicted octanol–water partition coefficient (Wildman–Crippen LogP) is 1.31. The maximum atomic E-state index is 11.9. The lowest BCUT2D eigenvalue weighted by Gasteiger charge is -2.31. The normalized spacial score (nSPS) is 22.1. The average Bonchev–Trinajstić information content (AvgIpc) is 2.01. The summed E-state index contributed by atoms with van der Waals surface area (Å²) in [5, 5.41) is 0. The van der Waals surface area contributed by atoms with E-state index in [0.29, 0.717) is 13.0 Å². The van der Waals surface area contributed by atoms with E-state index in [2.05, 4.69) is 0 Å². The Labute approximate surface area is 92.2 Å². The number of halogens is 4. The van der Waals surface area contributed by atoms with Crippen molar-refractivity contribution in [1.82, 2.24) is 4.90 Å². The van der Waals surface area contributed by atoms with Crippen LogP contribution in [0.5, 0.6) is 0 Å². The number of carbonyl (C=O) groups is 1. The molecule has 7 heteroatoms. The van der Waals surface area contributed by atoms with Crippen molar-refractivity contribution < 1.29 is 18.0 Å². The number of amides is 1. The van der Waals surface area contributed by atoms with Crippen LogP contribution >= 0.6 is 12.4 Å². The Balaban J connectivity index is 0.00000196. The fourth-order valence-corrected chi connectivity index (χ4v) is 1.52. The quantitative estimate of drug-likeness (QED) is 0.758. The van der Waals surface area contributed by atoms with Crippen LogP contribution < -0.4 is 5.73 Å². The van der Waals surface area contributed by atoms with E-state index in [9.17, 15) is 18.0 Å². The molecule has 0 saturated carbocycles. The maximum Gasteiger partial charge on any atom is 0.397 e. The van der Waals surface area contributed by atoms with Crippen molar-refractivity contribution in [3.63, 3.8) is 0 Å². The van der Waals surface area contributed by atoms with Crippen LogP contribution in [-0.2, 0) is 4.79 Å². The van der Waals surface area contributed by atoms with Gasteiger partial charge < -0.3 is 10.6 Å². The minimum atomic E-state index is -4.42. The highest BCUT2D eigenvalue weighted by atomic mass is 35.5. The SMILES string of the molecule is Cl.N[C@@H]1CCCN(C(=O)CC(F)(F)F)C1. The standard InChI is InChI=1S/C8H13F3N2O.ClH/c9-8(10,11)4-7(14)13-3-1-2-6(12)5-13;/h6H,1-5,12H2;1H/t6-;/m1./s1. The summed E-state index contributed by atoms with van der Waals surface area (Å²) in [6, 6.07) is -0.180. The average molecular weight is 247 g/mol. The van der Waals surface area contributed by atoms with Gasteiger partial charge in [-0.2, -0.15) is 13.2 Å². The van der Waals surface area contributed by atoms with Crippen LogP contribution in [0.25, 0.3) is 0 Å². The number of hydrogen-bond donors (Lipinski definition) is 1. The van der Waals surface area contributed by atoms with Crippen molar-refractivity contribution in [3.05, 3.63) is 0 Å². The second kappa shape index (κ2) is 5.55. The molecule has 1 aliphatic rings. The third kappa shape index (κ3) is 5.22. The van der Waals surface area contributed by atoms with Gasteiger partial charge in [-0.15, -0.1) is 12.4 Å². The zero-order chi connectivity index (χ0) is 10.8. The summed E-state index contributed by atoms with van der Waals surface area (Å²) in [6.07, 6.45) is -4.33. The van der Waals surface area contributed by atoms with Gasteiger partial charge in [0, 0.05) is 19.1 Å². The summed E-state index contributed by atoms with van der Waals surface area (Å²) in [6.45, 7) is 0.636. The Morgan fingerprint density at radius 3 is 2.53 bits per heavy atom. The second-order valence-corrected chi connectivity index (χ2v) is 3.53. The summed E-state index contributed by atoms with van der Waals surface area (Å²) in [7, 11) is 0. The molecule has 1 aliphatic heterocycles. The predicted molar refractivity (Wildman–Crippen MR) is 51.7 cm³/mol. The van der Waals surface area contributed by atoms with E-state index < -0.39 is 18.5 Å². The topological polar surface area (TPSA) is 46.3 Å². The van der Waals surface area contributed by atoms with E-state index in [1.54, 1.807) is 0 Å². The number of piperidine rings is 1. The van der Waals surface area contributed by atoms with Gasteiger partial charge in [0.05, 0.1) is 0 Å². The maximum absolute atomic E-state index is 11.9. The van der Waals surface area contributed by atoms with Gasteiger partial charge in [-0.25, -0.2) is 0 Å². The van der Waals surface area contributed by atoms with Gasteiger partial charge in [-0.3, -0.25) is 4.79 Å². The molecule has 15 heavy (non-hydrogen) atoms. The Bertz CT molecular complexity index is 222. The van der Waals surface area contributed by atoms with Crippen molar-refractivity contribution in [2.45, 2.75) is 31.5 Å². The van der Waals surface area contributed by atoms with Crippen LogP contribution in [0.4, 0.5) is 13.2 Å². The molecule has 90 valence electrons. The molecule has 0 aromatic rings. The highest BCUT2D eigenvalue weighted by Crippen LogP contribution is 2.21. The molecular formula is C8H14ClF3N2O. The number of carbonyl (C=O) groups excluding carboxylic acids is 1. The first-order chi connectivity index (χ1) is 6.38. The van der Waals surface area contributed by atoms with E-state index in [-0.39, 0.29) is 25.0 Å². The number of rotatable bonds is 1. The lowest BCUT2D eigenvalue weighted by molar-refractivity contribution is -0.162. The molecule has 0 unspecified atom stereocenters. The highest BCUT2D eigenvalue weighted by molar-refractivity contribution is 5.85. The Kier molecular flexibility index (Phi) is 5.37. The van der Waals surface area contributed by atoms with Gasteiger partial charge in [-0.1, -0.05) is 0 Å². The number of likely N-dealkylation sites (tertiary alicyclic amines) is 1. The van der Waals surface area contributed by atoms with Crippen molar-refractivity contribution in [1.29, 1.82) is 0 Å². The van der Waals surface area contributed by atoms with E-state index in [0.717, 1.165) is 6.42 Å². The van der Waals surface area contributed by atoms with Crippen LogP contribution in [0.3, 0.4) is 0 Å². The molecular weight excluding hydrogens is 233 g/mol. The second-order valence-electron chi connectivity index (χ2n) is 3.53.